The zero-order chi connectivity index (χ0) is 16.7. The molecule has 0 radical (unpaired) electrons. The molecule has 1 aliphatic rings. The lowest BCUT2D eigenvalue weighted by molar-refractivity contribution is 0.141. The van der Waals surface area contributed by atoms with Crippen LogP contribution in [-0.4, -0.2) is 44.3 Å². The quantitative estimate of drug-likeness (QED) is 0.791. The highest BCUT2D eigenvalue weighted by atomic mass is 35.5. The van der Waals surface area contributed by atoms with Crippen molar-refractivity contribution in [3.8, 4) is 5.75 Å². The van der Waals surface area contributed by atoms with Crippen LogP contribution < -0.4 is 10.1 Å². The summed E-state index contributed by atoms with van der Waals surface area (Å²) in [6.07, 6.45) is 5.23. The molecule has 2 rings (SSSR count). The SMILES string of the molecule is COCCC[C@@H]1CCCCN1C(=O)Nc1ccc(OC)c(Cl)c1. The molecule has 1 aromatic rings. The Morgan fingerprint density at radius 2 is 2.22 bits per heavy atom. The van der Waals surface area contributed by atoms with Gasteiger partial charge in [0.05, 0.1) is 12.1 Å². The molecule has 0 bridgehead atoms. The van der Waals surface area contributed by atoms with E-state index in [4.69, 9.17) is 21.1 Å². The molecular formula is C17H25ClN2O3. The minimum Gasteiger partial charge on any atom is -0.495 e. The number of nitrogens with one attached hydrogen (secondary N) is 1. The third kappa shape index (κ3) is 5.01. The van der Waals surface area contributed by atoms with Gasteiger partial charge in [0.25, 0.3) is 0 Å². The molecule has 6 heteroatoms. The molecule has 1 atom stereocenters. The van der Waals surface area contributed by atoms with Gasteiger partial charge < -0.3 is 19.7 Å². The summed E-state index contributed by atoms with van der Waals surface area (Å²) in [6.45, 7) is 1.54. The molecule has 1 N–H and O–H groups in total. The van der Waals surface area contributed by atoms with Gasteiger partial charge in [-0.1, -0.05) is 11.6 Å². The highest BCUT2D eigenvalue weighted by molar-refractivity contribution is 6.32. The molecular weight excluding hydrogens is 316 g/mol. The normalized spacial score (nSPS) is 17.9. The fraction of sp³-hybridized carbons (Fsp3) is 0.588. The van der Waals surface area contributed by atoms with E-state index in [1.807, 2.05) is 4.90 Å². The Labute approximate surface area is 142 Å². The van der Waals surface area contributed by atoms with Crippen LogP contribution >= 0.6 is 11.6 Å². The number of methoxy groups -OCH3 is 2. The Kier molecular flexibility index (Phi) is 6.99. The van der Waals surface area contributed by atoms with E-state index < -0.39 is 0 Å². The van der Waals surface area contributed by atoms with Crippen molar-refractivity contribution in [2.75, 3.05) is 32.7 Å². The average Bonchev–Trinajstić information content (AvgIpc) is 2.55. The second-order valence-corrected chi connectivity index (χ2v) is 6.16. The van der Waals surface area contributed by atoms with Crippen molar-refractivity contribution in [3.63, 3.8) is 0 Å². The van der Waals surface area contributed by atoms with Gasteiger partial charge in [-0.25, -0.2) is 4.79 Å². The van der Waals surface area contributed by atoms with Crippen molar-refractivity contribution >= 4 is 23.3 Å². The van der Waals surface area contributed by atoms with E-state index in [1.165, 1.54) is 6.42 Å². The van der Waals surface area contributed by atoms with Gasteiger partial charge in [-0.05, 0) is 50.3 Å². The molecule has 0 unspecified atom stereocenters. The van der Waals surface area contributed by atoms with E-state index in [1.54, 1.807) is 32.4 Å². The number of benzene rings is 1. The third-order valence-electron chi connectivity index (χ3n) is 4.18. The van der Waals surface area contributed by atoms with E-state index in [-0.39, 0.29) is 12.1 Å². The Balaban J connectivity index is 1.98. The van der Waals surface area contributed by atoms with Crippen LogP contribution in [0, 0.1) is 0 Å². The number of urea groups is 1. The standard InChI is InChI=1S/C17H25ClN2O3/c1-22-11-5-7-14-6-3-4-10-20(14)17(21)19-13-8-9-16(23-2)15(18)12-13/h8-9,12,14H,3-7,10-11H2,1-2H3,(H,19,21)/t14-/m0/s1. The molecule has 128 valence electrons. The Morgan fingerprint density at radius 1 is 1.39 bits per heavy atom. The lowest BCUT2D eigenvalue weighted by Gasteiger charge is -2.35. The van der Waals surface area contributed by atoms with Crippen molar-refractivity contribution in [1.29, 1.82) is 0 Å². The van der Waals surface area contributed by atoms with Gasteiger partial charge in [0, 0.05) is 32.0 Å². The molecule has 5 nitrogen and oxygen atoms in total. The number of likely N-dealkylation sites (tertiary alicyclic amines) is 1. The Morgan fingerprint density at radius 3 is 2.91 bits per heavy atom. The molecule has 1 aliphatic heterocycles. The predicted octanol–water partition coefficient (Wildman–Crippen LogP) is 4.16. The molecule has 1 aromatic carbocycles. The minimum atomic E-state index is -0.0617. The summed E-state index contributed by atoms with van der Waals surface area (Å²) in [6, 6.07) is 5.49. The predicted molar refractivity (Wildman–Crippen MR) is 92.5 cm³/mol. The number of carbonyl (C=O) groups is 1. The summed E-state index contributed by atoms with van der Waals surface area (Å²) in [5.74, 6) is 0.597. The zero-order valence-electron chi connectivity index (χ0n) is 13.8. The molecule has 0 spiro atoms. The maximum Gasteiger partial charge on any atom is 0.322 e. The first-order chi connectivity index (χ1) is 11.2. The number of hydrogen-bond donors (Lipinski definition) is 1. The summed E-state index contributed by atoms with van der Waals surface area (Å²) in [4.78, 5) is 14.5. The number of amides is 2. The van der Waals surface area contributed by atoms with Crippen LogP contribution in [0.5, 0.6) is 5.75 Å². The van der Waals surface area contributed by atoms with Crippen molar-refractivity contribution in [2.24, 2.45) is 0 Å². The summed E-state index contributed by atoms with van der Waals surface area (Å²) in [5, 5.41) is 3.43. The molecule has 1 fully saturated rings. The van der Waals surface area contributed by atoms with Crippen LogP contribution in [0.2, 0.25) is 5.02 Å². The molecule has 1 heterocycles. The first-order valence-electron chi connectivity index (χ1n) is 8.05. The van der Waals surface area contributed by atoms with Gasteiger partial charge in [0.15, 0.2) is 0 Å². The number of hydrogen-bond acceptors (Lipinski definition) is 3. The molecule has 0 aliphatic carbocycles. The lowest BCUT2D eigenvalue weighted by Crippen LogP contribution is -2.46. The van der Waals surface area contributed by atoms with Crippen LogP contribution in [0.15, 0.2) is 18.2 Å². The van der Waals surface area contributed by atoms with Gasteiger partial charge in [-0.3, -0.25) is 0 Å². The van der Waals surface area contributed by atoms with Crippen LogP contribution in [0.3, 0.4) is 0 Å². The molecule has 23 heavy (non-hydrogen) atoms. The van der Waals surface area contributed by atoms with Crippen molar-refractivity contribution in [3.05, 3.63) is 23.2 Å². The molecule has 0 aromatic heterocycles. The second-order valence-electron chi connectivity index (χ2n) is 5.76. The average molecular weight is 341 g/mol. The monoisotopic (exact) mass is 340 g/mol. The van der Waals surface area contributed by atoms with Crippen LogP contribution in [0.1, 0.15) is 32.1 Å². The van der Waals surface area contributed by atoms with Crippen molar-refractivity contribution in [1.82, 2.24) is 4.90 Å². The lowest BCUT2D eigenvalue weighted by atomic mass is 9.98. The van der Waals surface area contributed by atoms with Gasteiger partial charge in [0.1, 0.15) is 5.75 Å². The smallest absolute Gasteiger partial charge is 0.322 e. The second kappa shape index (κ2) is 8.99. The van der Waals surface area contributed by atoms with E-state index in [0.717, 1.165) is 38.8 Å². The number of anilines is 1. The van der Waals surface area contributed by atoms with Crippen LogP contribution in [-0.2, 0) is 4.74 Å². The number of piperidine rings is 1. The summed E-state index contributed by atoms with van der Waals surface area (Å²) < 4.78 is 10.2. The summed E-state index contributed by atoms with van der Waals surface area (Å²) >= 11 is 6.11. The van der Waals surface area contributed by atoms with Gasteiger partial charge in [-0.2, -0.15) is 0 Å². The van der Waals surface area contributed by atoms with Crippen molar-refractivity contribution < 1.29 is 14.3 Å². The third-order valence-corrected chi connectivity index (χ3v) is 4.47. The fourth-order valence-corrected chi connectivity index (χ4v) is 3.23. The summed E-state index contributed by atoms with van der Waals surface area (Å²) in [7, 11) is 3.27. The maximum atomic E-state index is 12.6. The van der Waals surface area contributed by atoms with E-state index in [2.05, 4.69) is 5.32 Å². The van der Waals surface area contributed by atoms with Gasteiger partial charge >= 0.3 is 6.03 Å². The van der Waals surface area contributed by atoms with E-state index in [9.17, 15) is 4.79 Å². The van der Waals surface area contributed by atoms with Crippen LogP contribution in [0.4, 0.5) is 10.5 Å². The van der Waals surface area contributed by atoms with Crippen molar-refractivity contribution in [2.45, 2.75) is 38.1 Å². The summed E-state index contributed by atoms with van der Waals surface area (Å²) in [5.41, 5.74) is 0.682. The number of carbonyl (C=O) groups excluding carboxylic acids is 1. The number of rotatable bonds is 6. The Bertz CT molecular complexity index is 525. The topological polar surface area (TPSA) is 50.8 Å². The van der Waals surface area contributed by atoms with Gasteiger partial charge in [-0.15, -0.1) is 0 Å². The molecule has 0 saturated carbocycles. The molecule has 2 amide bonds. The van der Waals surface area contributed by atoms with Crippen LogP contribution in [0.25, 0.3) is 0 Å². The van der Waals surface area contributed by atoms with E-state index >= 15 is 0 Å². The molecule has 1 saturated heterocycles. The first-order valence-corrected chi connectivity index (χ1v) is 8.43. The largest absolute Gasteiger partial charge is 0.495 e. The minimum absolute atomic E-state index is 0.0617. The van der Waals surface area contributed by atoms with Gasteiger partial charge in [0.2, 0.25) is 0 Å². The highest BCUT2D eigenvalue weighted by Crippen LogP contribution is 2.28. The first kappa shape index (κ1) is 17.9. The Hall–Kier alpha value is -1.46. The number of ether oxygens (including phenoxy) is 2. The highest BCUT2D eigenvalue weighted by Gasteiger charge is 2.26. The number of halogens is 1. The van der Waals surface area contributed by atoms with E-state index in [0.29, 0.717) is 16.5 Å². The maximum absolute atomic E-state index is 12.6. The fourth-order valence-electron chi connectivity index (χ4n) is 2.97. The zero-order valence-corrected chi connectivity index (χ0v) is 14.6. The number of nitrogens with zero attached hydrogens (tertiary/aromatic N) is 1.